The summed E-state index contributed by atoms with van der Waals surface area (Å²) in [6, 6.07) is 20.8. The molecule has 2 N–H and O–H groups in total. The van der Waals surface area contributed by atoms with Crippen molar-refractivity contribution in [2.45, 2.75) is 13.0 Å². The Morgan fingerprint density at radius 1 is 0.962 bits per heavy atom. The lowest BCUT2D eigenvalue weighted by molar-refractivity contribution is -0.114. The van der Waals surface area contributed by atoms with Gasteiger partial charge in [0.2, 0.25) is 5.91 Å². The van der Waals surface area contributed by atoms with Crippen LogP contribution in [0, 0.1) is 0 Å². The van der Waals surface area contributed by atoms with Crippen LogP contribution < -0.4 is 14.8 Å². The third kappa shape index (κ3) is 4.74. The molecule has 0 aromatic heterocycles. The molecule has 3 rings (SSSR count). The number of aliphatic hydroxyl groups excluding tert-OH is 1. The van der Waals surface area contributed by atoms with Crippen molar-refractivity contribution in [3.63, 3.8) is 0 Å². The van der Waals surface area contributed by atoms with Gasteiger partial charge in [0.1, 0.15) is 30.8 Å². The first-order chi connectivity index (χ1) is 12.6. The average molecular weight is 351 g/mol. The SMILES string of the molecule is CC(=O)Nc1ccc(OCC(O)COc2cccc3ccccc23)cc1. The Labute approximate surface area is 152 Å². The van der Waals surface area contributed by atoms with Crippen LogP contribution in [0.4, 0.5) is 5.69 Å². The summed E-state index contributed by atoms with van der Waals surface area (Å²) in [4.78, 5) is 11.0. The molecule has 1 unspecified atom stereocenters. The van der Waals surface area contributed by atoms with Crippen LogP contribution in [-0.4, -0.2) is 30.3 Å². The molecule has 0 aliphatic heterocycles. The van der Waals surface area contributed by atoms with E-state index in [1.807, 2.05) is 42.5 Å². The van der Waals surface area contributed by atoms with Crippen molar-refractivity contribution in [1.29, 1.82) is 0 Å². The second kappa shape index (κ2) is 8.36. The summed E-state index contributed by atoms with van der Waals surface area (Å²) in [6.07, 6.45) is -0.760. The highest BCUT2D eigenvalue weighted by atomic mass is 16.5. The first-order valence-electron chi connectivity index (χ1n) is 8.41. The normalized spacial score (nSPS) is 11.8. The Kier molecular flexibility index (Phi) is 5.71. The summed E-state index contributed by atoms with van der Waals surface area (Å²) >= 11 is 0. The van der Waals surface area contributed by atoms with Gasteiger partial charge in [0.25, 0.3) is 0 Å². The maximum atomic E-state index is 11.0. The molecular weight excluding hydrogens is 330 g/mol. The van der Waals surface area contributed by atoms with Crippen molar-refractivity contribution in [2.75, 3.05) is 18.5 Å². The van der Waals surface area contributed by atoms with Crippen molar-refractivity contribution in [3.8, 4) is 11.5 Å². The van der Waals surface area contributed by atoms with Crippen LogP contribution in [-0.2, 0) is 4.79 Å². The predicted octanol–water partition coefficient (Wildman–Crippen LogP) is 3.62. The van der Waals surface area contributed by atoms with Gasteiger partial charge in [-0.1, -0.05) is 36.4 Å². The second-order valence-corrected chi connectivity index (χ2v) is 5.96. The van der Waals surface area contributed by atoms with Gasteiger partial charge in [-0.15, -0.1) is 0 Å². The van der Waals surface area contributed by atoms with Crippen LogP contribution in [0.5, 0.6) is 11.5 Å². The molecule has 0 radical (unpaired) electrons. The lowest BCUT2D eigenvalue weighted by atomic mass is 10.1. The molecule has 1 amide bonds. The van der Waals surface area contributed by atoms with Gasteiger partial charge in [-0.05, 0) is 35.7 Å². The highest BCUT2D eigenvalue weighted by molar-refractivity contribution is 5.89. The number of fused-ring (bicyclic) bond motifs is 1. The molecule has 3 aromatic rings. The number of carbonyl (C=O) groups is 1. The summed E-state index contributed by atoms with van der Waals surface area (Å²) < 4.78 is 11.3. The number of hydrogen-bond donors (Lipinski definition) is 2. The van der Waals surface area contributed by atoms with Crippen molar-refractivity contribution in [2.24, 2.45) is 0 Å². The number of carbonyl (C=O) groups excluding carboxylic acids is 1. The van der Waals surface area contributed by atoms with E-state index < -0.39 is 6.10 Å². The lowest BCUT2D eigenvalue weighted by Gasteiger charge is -2.15. The van der Waals surface area contributed by atoms with E-state index in [1.165, 1.54) is 6.92 Å². The third-order valence-corrected chi connectivity index (χ3v) is 3.80. The standard InChI is InChI=1S/C21H21NO4/c1-15(23)22-17-9-11-19(12-10-17)25-13-18(24)14-26-21-8-4-6-16-5-2-3-7-20(16)21/h2-12,18,24H,13-14H2,1H3,(H,22,23). The molecule has 0 saturated heterocycles. The zero-order chi connectivity index (χ0) is 18.4. The van der Waals surface area contributed by atoms with Crippen molar-refractivity contribution in [1.82, 2.24) is 0 Å². The summed E-state index contributed by atoms with van der Waals surface area (Å²) in [6.45, 7) is 1.71. The Hall–Kier alpha value is -3.05. The van der Waals surface area contributed by atoms with Gasteiger partial charge in [0, 0.05) is 18.0 Å². The molecule has 5 heteroatoms. The molecule has 3 aromatic carbocycles. The molecule has 134 valence electrons. The van der Waals surface area contributed by atoms with Crippen LogP contribution in [0.3, 0.4) is 0 Å². The number of aliphatic hydroxyl groups is 1. The molecule has 0 saturated carbocycles. The summed E-state index contributed by atoms with van der Waals surface area (Å²) in [7, 11) is 0. The first-order valence-corrected chi connectivity index (χ1v) is 8.41. The monoisotopic (exact) mass is 351 g/mol. The van der Waals surface area contributed by atoms with Crippen molar-refractivity contribution in [3.05, 3.63) is 66.7 Å². The van der Waals surface area contributed by atoms with Crippen LogP contribution in [0.25, 0.3) is 10.8 Å². The van der Waals surface area contributed by atoms with E-state index in [0.29, 0.717) is 11.4 Å². The van der Waals surface area contributed by atoms with Gasteiger partial charge in [-0.3, -0.25) is 4.79 Å². The van der Waals surface area contributed by atoms with Gasteiger partial charge >= 0.3 is 0 Å². The highest BCUT2D eigenvalue weighted by Crippen LogP contribution is 2.25. The lowest BCUT2D eigenvalue weighted by Crippen LogP contribution is -2.25. The summed E-state index contributed by atoms with van der Waals surface area (Å²) in [5.74, 6) is 1.23. The van der Waals surface area contributed by atoms with E-state index in [-0.39, 0.29) is 19.1 Å². The van der Waals surface area contributed by atoms with Gasteiger partial charge in [0.05, 0.1) is 0 Å². The fourth-order valence-electron chi connectivity index (χ4n) is 2.59. The zero-order valence-corrected chi connectivity index (χ0v) is 14.5. The van der Waals surface area contributed by atoms with E-state index in [9.17, 15) is 9.90 Å². The zero-order valence-electron chi connectivity index (χ0n) is 14.5. The van der Waals surface area contributed by atoms with Gasteiger partial charge in [0.15, 0.2) is 0 Å². The molecule has 5 nitrogen and oxygen atoms in total. The number of anilines is 1. The molecule has 26 heavy (non-hydrogen) atoms. The fourth-order valence-corrected chi connectivity index (χ4v) is 2.59. The highest BCUT2D eigenvalue weighted by Gasteiger charge is 2.08. The first kappa shape index (κ1) is 17.8. The Morgan fingerprint density at radius 2 is 1.65 bits per heavy atom. The molecule has 1 atom stereocenters. The average Bonchev–Trinajstić information content (AvgIpc) is 2.65. The van der Waals surface area contributed by atoms with E-state index in [1.54, 1.807) is 24.3 Å². The number of rotatable bonds is 7. The van der Waals surface area contributed by atoms with E-state index in [2.05, 4.69) is 5.32 Å². The van der Waals surface area contributed by atoms with Crippen LogP contribution in [0.15, 0.2) is 66.7 Å². The quantitative estimate of drug-likeness (QED) is 0.682. The van der Waals surface area contributed by atoms with Crippen molar-refractivity contribution >= 4 is 22.4 Å². The maximum absolute atomic E-state index is 11.0. The topological polar surface area (TPSA) is 67.8 Å². The molecule has 0 spiro atoms. The molecular formula is C21H21NO4. The number of ether oxygens (including phenoxy) is 2. The molecule has 0 fully saturated rings. The summed E-state index contributed by atoms with van der Waals surface area (Å²) in [5.41, 5.74) is 0.699. The number of benzene rings is 3. The molecule has 0 aliphatic rings. The second-order valence-electron chi connectivity index (χ2n) is 5.96. The number of amides is 1. The molecule has 0 heterocycles. The van der Waals surface area contributed by atoms with Crippen LogP contribution in [0.1, 0.15) is 6.92 Å². The Bertz CT molecular complexity index is 871. The van der Waals surface area contributed by atoms with Gasteiger partial charge < -0.3 is 19.9 Å². The van der Waals surface area contributed by atoms with Gasteiger partial charge in [-0.2, -0.15) is 0 Å². The number of hydrogen-bond acceptors (Lipinski definition) is 4. The Balaban J connectivity index is 1.51. The predicted molar refractivity (Wildman–Crippen MR) is 102 cm³/mol. The smallest absolute Gasteiger partial charge is 0.221 e. The number of nitrogens with one attached hydrogen (secondary N) is 1. The van der Waals surface area contributed by atoms with E-state index in [0.717, 1.165) is 16.5 Å². The largest absolute Gasteiger partial charge is 0.491 e. The maximum Gasteiger partial charge on any atom is 0.221 e. The van der Waals surface area contributed by atoms with Crippen molar-refractivity contribution < 1.29 is 19.4 Å². The van der Waals surface area contributed by atoms with Gasteiger partial charge in [-0.25, -0.2) is 0 Å². The Morgan fingerprint density at radius 3 is 2.42 bits per heavy atom. The molecule has 0 bridgehead atoms. The fraction of sp³-hybridized carbons (Fsp3) is 0.190. The van der Waals surface area contributed by atoms with E-state index >= 15 is 0 Å². The minimum Gasteiger partial charge on any atom is -0.491 e. The molecule has 0 aliphatic carbocycles. The van der Waals surface area contributed by atoms with Crippen LogP contribution >= 0.6 is 0 Å². The van der Waals surface area contributed by atoms with Crippen LogP contribution in [0.2, 0.25) is 0 Å². The third-order valence-electron chi connectivity index (χ3n) is 3.80. The minimum absolute atomic E-state index is 0.115. The van der Waals surface area contributed by atoms with E-state index in [4.69, 9.17) is 9.47 Å². The minimum atomic E-state index is -0.760. The summed E-state index contributed by atoms with van der Waals surface area (Å²) in [5, 5.41) is 14.9.